The van der Waals surface area contributed by atoms with Crippen molar-refractivity contribution in [2.24, 2.45) is 5.73 Å². The number of carbonyl (C=O) groups is 4. The molecular weight excluding hydrogens is 508 g/mol. The minimum absolute atomic E-state index is 0. The van der Waals surface area contributed by atoms with E-state index in [4.69, 9.17) is 26.2 Å². The molecular formula is C10H20BiN2NaO8. The number of aliphatic carboxylic acids is 4. The third kappa shape index (κ3) is 7.80. The fourth-order valence-corrected chi connectivity index (χ4v) is 20.7. The van der Waals surface area contributed by atoms with Crippen LogP contribution in [0.5, 0.6) is 0 Å². The summed E-state index contributed by atoms with van der Waals surface area (Å²) in [6, 6.07) is 0. The molecule has 0 spiro atoms. The van der Waals surface area contributed by atoms with Gasteiger partial charge in [0.1, 0.15) is 0 Å². The molecule has 0 bridgehead atoms. The van der Waals surface area contributed by atoms with Crippen LogP contribution in [-0.2, 0) is 19.2 Å². The van der Waals surface area contributed by atoms with Crippen LogP contribution in [-0.4, -0.2) is 76.5 Å². The zero-order valence-electron chi connectivity index (χ0n) is 13.2. The average molecular weight is 528 g/mol. The van der Waals surface area contributed by atoms with Gasteiger partial charge in [-0.1, -0.05) is 0 Å². The van der Waals surface area contributed by atoms with Crippen molar-refractivity contribution in [3.8, 4) is 0 Å². The minimum atomic E-state index is -5.48. The molecule has 0 saturated carbocycles. The van der Waals surface area contributed by atoms with Gasteiger partial charge in [-0.15, -0.1) is 0 Å². The zero-order valence-corrected chi connectivity index (χ0v) is 17.7. The Kier molecular flexibility index (Phi) is 10.6. The van der Waals surface area contributed by atoms with Gasteiger partial charge in [-0.25, -0.2) is 0 Å². The first-order chi connectivity index (χ1) is 9.54. The molecule has 0 unspecified atom stereocenters. The molecule has 12 heteroatoms. The Morgan fingerprint density at radius 2 is 1.09 bits per heavy atom. The summed E-state index contributed by atoms with van der Waals surface area (Å²) in [5, 5.41) is 36.2. The molecule has 0 fully saturated rings. The van der Waals surface area contributed by atoms with Gasteiger partial charge in [-0.2, -0.15) is 0 Å². The number of hydrogen-bond donors (Lipinski definition) is 6. The Bertz CT molecular complexity index is 389. The minimum Gasteiger partial charge on any atom is -1.00 e. The molecule has 7 N–H and O–H groups in total. The van der Waals surface area contributed by atoms with E-state index in [1.54, 1.807) is 0 Å². The van der Waals surface area contributed by atoms with Crippen LogP contribution in [0.1, 0.15) is 1.43 Å². The van der Waals surface area contributed by atoms with Crippen molar-refractivity contribution in [3.63, 3.8) is 0 Å². The molecule has 124 valence electrons. The standard InChI is InChI=1S/C2H7N2.4C2H3O2.Bi.Na.H/c3-1-2-4;4*1-2(3)4;;;/h3H,1-2,4H2;4*1H2,(H,3,4);;;/q-1;;;;;2*+1;-1. The molecule has 0 radical (unpaired) electrons. The van der Waals surface area contributed by atoms with Gasteiger partial charge in [-0.05, 0) is 0 Å². The normalized spacial score (nSPS) is 12.5. The second-order valence-electron chi connectivity index (χ2n) is 4.88. The molecule has 0 aromatic rings. The van der Waals surface area contributed by atoms with Crippen LogP contribution in [0.4, 0.5) is 0 Å². The van der Waals surface area contributed by atoms with E-state index in [-0.39, 0.29) is 44.1 Å². The van der Waals surface area contributed by atoms with Gasteiger partial charge in [0.15, 0.2) is 0 Å². The van der Waals surface area contributed by atoms with E-state index < -0.39 is 59.5 Å². The molecule has 0 amide bonds. The van der Waals surface area contributed by atoms with Crippen LogP contribution in [0.3, 0.4) is 0 Å². The van der Waals surface area contributed by atoms with E-state index >= 15 is 0 Å². The van der Waals surface area contributed by atoms with Gasteiger partial charge in [0.2, 0.25) is 0 Å². The SMILES string of the molecule is NCC[NH][Bi]([CH2]C(=O)O)([CH2]C(=O)O)([CH2]C(=O)O)[CH2]C(=O)O.[H-].[Na+]. The molecule has 10 nitrogen and oxygen atoms in total. The number of carboxylic acids is 4. The van der Waals surface area contributed by atoms with Gasteiger partial charge < -0.3 is 1.43 Å². The van der Waals surface area contributed by atoms with Crippen molar-refractivity contribution in [1.82, 2.24) is 3.26 Å². The Morgan fingerprint density at radius 1 is 0.818 bits per heavy atom. The van der Waals surface area contributed by atoms with Crippen LogP contribution in [0.25, 0.3) is 0 Å². The van der Waals surface area contributed by atoms with E-state index in [9.17, 15) is 19.2 Å². The molecule has 0 aliphatic heterocycles. The Balaban J connectivity index is -0.00000200. The molecule has 0 atom stereocenters. The Hall–Kier alpha value is -0.317. The molecule has 22 heavy (non-hydrogen) atoms. The quantitative estimate of drug-likeness (QED) is 0.144. The smallest absolute Gasteiger partial charge is 1.00 e. The van der Waals surface area contributed by atoms with E-state index in [1.165, 1.54) is 0 Å². The van der Waals surface area contributed by atoms with Crippen molar-refractivity contribution < 1.29 is 70.6 Å². The van der Waals surface area contributed by atoms with Crippen molar-refractivity contribution in [2.75, 3.05) is 13.1 Å². The van der Waals surface area contributed by atoms with Crippen LogP contribution in [0, 0.1) is 0 Å². The number of nitrogens with two attached hydrogens (primary N) is 1. The summed E-state index contributed by atoms with van der Waals surface area (Å²) < 4.78 is -0.382. The maximum atomic E-state index is 11.1. The average Bonchev–Trinajstić information content (AvgIpc) is 2.21. The summed E-state index contributed by atoms with van der Waals surface area (Å²) in [6.45, 7) is -0.0301. The van der Waals surface area contributed by atoms with Gasteiger partial charge in [-0.3, -0.25) is 0 Å². The molecule has 0 aliphatic carbocycles. The third-order valence-corrected chi connectivity index (χ3v) is 24.3. The van der Waals surface area contributed by atoms with E-state index in [2.05, 4.69) is 3.26 Å². The molecule has 0 aromatic carbocycles. The summed E-state index contributed by atoms with van der Waals surface area (Å²) in [4.78, 5) is 44.5. The van der Waals surface area contributed by atoms with Crippen LogP contribution in [0.15, 0.2) is 0 Å². The molecule has 0 saturated heterocycles. The zero-order chi connectivity index (χ0) is 16.7. The molecule has 0 heterocycles. The van der Waals surface area contributed by atoms with Crippen molar-refractivity contribution in [3.05, 3.63) is 0 Å². The van der Waals surface area contributed by atoms with Crippen LogP contribution in [0.2, 0.25) is 16.5 Å². The fourth-order valence-electron chi connectivity index (χ4n) is 2.36. The maximum absolute atomic E-state index is 11.1. The largest absolute Gasteiger partial charge is 1.00 e. The first-order valence-corrected chi connectivity index (χ1v) is 17.4. The maximum Gasteiger partial charge on any atom is 1.00 e. The van der Waals surface area contributed by atoms with Gasteiger partial charge in [0, 0.05) is 0 Å². The second-order valence-corrected chi connectivity index (χ2v) is 26.4. The predicted molar refractivity (Wildman–Crippen MR) is 73.7 cm³/mol. The molecule has 0 rings (SSSR count). The number of nitrogens with one attached hydrogen (secondary N) is 1. The topological polar surface area (TPSA) is 187 Å². The summed E-state index contributed by atoms with van der Waals surface area (Å²) in [5.74, 6) is -5.68. The summed E-state index contributed by atoms with van der Waals surface area (Å²) in [7, 11) is 0. The number of rotatable bonds is 11. The summed E-state index contributed by atoms with van der Waals surface area (Å²) >= 11 is -5.48. The van der Waals surface area contributed by atoms with E-state index in [0.29, 0.717) is 0 Å². The Labute approximate surface area is 151 Å². The van der Waals surface area contributed by atoms with Crippen molar-refractivity contribution in [1.29, 1.82) is 0 Å². The molecule has 0 aromatic heterocycles. The van der Waals surface area contributed by atoms with Crippen molar-refractivity contribution >= 4 is 42.9 Å². The Morgan fingerprint density at radius 3 is 1.27 bits per heavy atom. The van der Waals surface area contributed by atoms with Gasteiger partial charge in [0.25, 0.3) is 0 Å². The van der Waals surface area contributed by atoms with Crippen LogP contribution >= 0.6 is 0 Å². The summed E-state index contributed by atoms with van der Waals surface area (Å²) in [6.07, 6.45) is 0. The van der Waals surface area contributed by atoms with Gasteiger partial charge in [0.05, 0.1) is 0 Å². The third-order valence-electron chi connectivity index (χ3n) is 2.90. The number of carboxylic acid groups (broad SMARTS) is 4. The van der Waals surface area contributed by atoms with E-state index in [0.717, 1.165) is 0 Å². The van der Waals surface area contributed by atoms with E-state index in [1.807, 2.05) is 0 Å². The second kappa shape index (κ2) is 9.74. The monoisotopic (exact) mass is 528 g/mol. The first-order valence-electron chi connectivity index (χ1n) is 5.88. The fraction of sp³-hybridized carbons (Fsp3) is 0.600. The summed E-state index contributed by atoms with van der Waals surface area (Å²) in [5.41, 5.74) is 5.30. The van der Waals surface area contributed by atoms with Crippen molar-refractivity contribution in [2.45, 2.75) is 16.5 Å². The first kappa shape index (κ1) is 23.9. The van der Waals surface area contributed by atoms with Crippen LogP contribution < -0.4 is 38.6 Å². The van der Waals surface area contributed by atoms with Gasteiger partial charge >= 0.3 is 151 Å². The number of hydrogen-bond acceptors (Lipinski definition) is 6. The molecule has 0 aliphatic rings. The predicted octanol–water partition coefficient (Wildman–Crippen LogP) is -4.11.